The summed E-state index contributed by atoms with van der Waals surface area (Å²) in [4.78, 5) is 25.3. The van der Waals surface area contributed by atoms with Crippen LogP contribution in [0.1, 0.15) is 54.1 Å². The van der Waals surface area contributed by atoms with E-state index in [1.807, 2.05) is 46.0 Å². The third-order valence-corrected chi connectivity index (χ3v) is 6.56. The number of amides is 2. The van der Waals surface area contributed by atoms with Gasteiger partial charge in [0.1, 0.15) is 5.82 Å². The quantitative estimate of drug-likeness (QED) is 0.431. The molecule has 0 aliphatic rings. The summed E-state index contributed by atoms with van der Waals surface area (Å²) in [5, 5.41) is 15.1. The Morgan fingerprint density at radius 1 is 1.12 bits per heavy atom. The molecule has 7 nitrogen and oxygen atoms in total. The summed E-state index contributed by atoms with van der Waals surface area (Å²) in [6.45, 7) is 7.97. The fraction of sp³-hybridized carbons (Fsp3) is 0.360. The Labute approximate surface area is 203 Å². The molecular weight excluding hydrogens is 453 g/mol. The molecular formula is C25H30FN5O2S. The van der Waals surface area contributed by atoms with E-state index < -0.39 is 11.9 Å². The highest BCUT2D eigenvalue weighted by atomic mass is 32.2. The number of para-hydroxylation sites is 1. The van der Waals surface area contributed by atoms with Crippen LogP contribution in [0.3, 0.4) is 0 Å². The average Bonchev–Trinajstić information content (AvgIpc) is 3.17. The molecule has 0 saturated carbocycles. The van der Waals surface area contributed by atoms with Crippen molar-refractivity contribution < 1.29 is 14.0 Å². The number of nitrogens with zero attached hydrogens (tertiary/aromatic N) is 3. The van der Waals surface area contributed by atoms with E-state index in [9.17, 15) is 14.0 Å². The van der Waals surface area contributed by atoms with Gasteiger partial charge in [0.2, 0.25) is 5.91 Å². The van der Waals surface area contributed by atoms with Gasteiger partial charge in [0.05, 0.1) is 11.8 Å². The van der Waals surface area contributed by atoms with Crippen molar-refractivity contribution in [2.75, 3.05) is 11.1 Å². The Kier molecular flexibility index (Phi) is 8.44. The molecule has 2 amide bonds. The van der Waals surface area contributed by atoms with Gasteiger partial charge < -0.3 is 15.2 Å². The second-order valence-electron chi connectivity index (χ2n) is 8.40. The van der Waals surface area contributed by atoms with Crippen LogP contribution >= 0.6 is 11.8 Å². The van der Waals surface area contributed by atoms with Gasteiger partial charge in [-0.05, 0) is 54.7 Å². The van der Waals surface area contributed by atoms with Crippen molar-refractivity contribution in [3.8, 4) is 0 Å². The molecule has 0 aliphatic carbocycles. The number of thioether (sulfide) groups is 1. The van der Waals surface area contributed by atoms with E-state index in [1.54, 1.807) is 4.57 Å². The zero-order chi connectivity index (χ0) is 24.8. The topological polar surface area (TPSA) is 88.9 Å². The molecule has 2 N–H and O–H groups in total. The number of aryl methyl sites for hydroxylation is 2. The third kappa shape index (κ3) is 6.02. The van der Waals surface area contributed by atoms with Crippen LogP contribution in [0.25, 0.3) is 0 Å². The van der Waals surface area contributed by atoms with Gasteiger partial charge in [0.15, 0.2) is 11.0 Å². The maximum Gasteiger partial charge on any atom is 0.251 e. The molecule has 2 aromatic carbocycles. The SMILES string of the molecule is CCc1cccc(C)c1NC(=O)CSc1nnc([C@@H](NC(=O)c2ccc(F)cc2)C(C)C)n1C. The number of aromatic nitrogens is 3. The Morgan fingerprint density at radius 2 is 1.82 bits per heavy atom. The lowest BCUT2D eigenvalue weighted by Crippen LogP contribution is -2.33. The Morgan fingerprint density at radius 3 is 2.47 bits per heavy atom. The van der Waals surface area contributed by atoms with E-state index in [1.165, 1.54) is 36.0 Å². The summed E-state index contributed by atoms with van der Waals surface area (Å²) in [5.41, 5.74) is 3.34. The van der Waals surface area contributed by atoms with Crippen LogP contribution in [0.4, 0.5) is 10.1 Å². The van der Waals surface area contributed by atoms with Crippen molar-refractivity contribution in [2.45, 2.75) is 45.3 Å². The molecule has 1 atom stereocenters. The van der Waals surface area contributed by atoms with Crippen molar-refractivity contribution in [2.24, 2.45) is 13.0 Å². The lowest BCUT2D eigenvalue weighted by molar-refractivity contribution is -0.113. The first-order valence-electron chi connectivity index (χ1n) is 11.2. The smallest absolute Gasteiger partial charge is 0.251 e. The molecule has 0 radical (unpaired) electrons. The van der Waals surface area contributed by atoms with Crippen LogP contribution in [0, 0.1) is 18.7 Å². The number of halogens is 1. The van der Waals surface area contributed by atoms with E-state index in [0.717, 1.165) is 23.2 Å². The highest BCUT2D eigenvalue weighted by Gasteiger charge is 2.25. The normalized spacial score (nSPS) is 12.0. The lowest BCUT2D eigenvalue weighted by Gasteiger charge is -2.21. The first-order valence-corrected chi connectivity index (χ1v) is 12.2. The predicted molar refractivity (Wildman–Crippen MR) is 132 cm³/mol. The minimum absolute atomic E-state index is 0.0296. The maximum absolute atomic E-state index is 13.2. The van der Waals surface area contributed by atoms with E-state index in [4.69, 9.17) is 0 Å². The number of hydrogen-bond donors (Lipinski definition) is 2. The van der Waals surface area contributed by atoms with E-state index >= 15 is 0 Å². The van der Waals surface area contributed by atoms with Crippen LogP contribution in [0.15, 0.2) is 47.6 Å². The molecule has 0 saturated heterocycles. The monoisotopic (exact) mass is 483 g/mol. The van der Waals surface area contributed by atoms with Gasteiger partial charge >= 0.3 is 0 Å². The van der Waals surface area contributed by atoms with E-state index in [0.29, 0.717) is 16.5 Å². The van der Waals surface area contributed by atoms with E-state index in [2.05, 4.69) is 27.8 Å². The molecule has 0 spiro atoms. The fourth-order valence-corrected chi connectivity index (χ4v) is 4.30. The molecule has 0 unspecified atom stereocenters. The molecule has 0 bridgehead atoms. The number of nitrogens with one attached hydrogen (secondary N) is 2. The summed E-state index contributed by atoms with van der Waals surface area (Å²) >= 11 is 1.28. The van der Waals surface area contributed by atoms with Crippen LogP contribution in [0.5, 0.6) is 0 Å². The summed E-state index contributed by atoms with van der Waals surface area (Å²) in [6, 6.07) is 11.0. The number of anilines is 1. The molecule has 34 heavy (non-hydrogen) atoms. The highest BCUT2D eigenvalue weighted by Crippen LogP contribution is 2.25. The maximum atomic E-state index is 13.2. The molecule has 9 heteroatoms. The minimum Gasteiger partial charge on any atom is -0.342 e. The van der Waals surface area contributed by atoms with Crippen molar-refractivity contribution in [1.82, 2.24) is 20.1 Å². The summed E-state index contributed by atoms with van der Waals surface area (Å²) in [7, 11) is 1.81. The number of carbonyl (C=O) groups is 2. The first kappa shape index (κ1) is 25.4. The number of hydrogen-bond acceptors (Lipinski definition) is 5. The molecule has 3 aromatic rings. The zero-order valence-electron chi connectivity index (χ0n) is 20.1. The highest BCUT2D eigenvalue weighted by molar-refractivity contribution is 7.99. The van der Waals surface area contributed by atoms with Gasteiger partial charge in [-0.25, -0.2) is 4.39 Å². The van der Waals surface area contributed by atoms with Gasteiger partial charge in [-0.15, -0.1) is 10.2 Å². The van der Waals surface area contributed by atoms with Crippen LogP contribution in [0.2, 0.25) is 0 Å². The van der Waals surface area contributed by atoms with Crippen molar-refractivity contribution in [3.63, 3.8) is 0 Å². The summed E-state index contributed by atoms with van der Waals surface area (Å²) in [5.74, 6) is -0.0479. The lowest BCUT2D eigenvalue weighted by atomic mass is 10.0. The molecule has 0 fully saturated rings. The van der Waals surface area contributed by atoms with Gasteiger partial charge in [-0.3, -0.25) is 9.59 Å². The van der Waals surface area contributed by atoms with Crippen LogP contribution in [-0.4, -0.2) is 32.3 Å². The number of rotatable bonds is 9. The standard InChI is InChI=1S/C25H30FN5O2S/c1-6-17-9-7-8-16(4)22(17)27-20(32)14-34-25-30-29-23(31(25)5)21(15(2)3)28-24(33)18-10-12-19(26)13-11-18/h7-13,15,21H,6,14H2,1-5H3,(H,27,32)(H,28,33)/t21-/m0/s1. The summed E-state index contributed by atoms with van der Waals surface area (Å²) in [6.07, 6.45) is 0.831. The minimum atomic E-state index is -0.405. The van der Waals surface area contributed by atoms with Crippen molar-refractivity contribution >= 4 is 29.3 Å². The molecule has 180 valence electrons. The Hall–Kier alpha value is -3.20. The second kappa shape index (κ2) is 11.3. The summed E-state index contributed by atoms with van der Waals surface area (Å²) < 4.78 is 15.0. The third-order valence-electron chi connectivity index (χ3n) is 5.54. The Bertz CT molecular complexity index is 1160. The number of carbonyl (C=O) groups excluding carboxylic acids is 2. The van der Waals surface area contributed by atoms with Gasteiger partial charge in [-0.1, -0.05) is 50.7 Å². The fourth-order valence-electron chi connectivity index (χ4n) is 3.59. The van der Waals surface area contributed by atoms with E-state index in [-0.39, 0.29) is 23.5 Å². The average molecular weight is 484 g/mol. The zero-order valence-corrected chi connectivity index (χ0v) is 20.9. The van der Waals surface area contributed by atoms with Crippen LogP contribution in [-0.2, 0) is 18.3 Å². The van der Waals surface area contributed by atoms with Gasteiger partial charge in [0.25, 0.3) is 5.91 Å². The van der Waals surface area contributed by atoms with Gasteiger partial charge in [-0.2, -0.15) is 0 Å². The predicted octanol–water partition coefficient (Wildman–Crippen LogP) is 4.68. The van der Waals surface area contributed by atoms with Crippen molar-refractivity contribution in [3.05, 3.63) is 70.8 Å². The first-order chi connectivity index (χ1) is 16.2. The van der Waals surface area contributed by atoms with Gasteiger partial charge in [0, 0.05) is 18.3 Å². The van der Waals surface area contributed by atoms with Crippen LogP contribution < -0.4 is 10.6 Å². The molecule has 1 aromatic heterocycles. The van der Waals surface area contributed by atoms with Crippen molar-refractivity contribution in [1.29, 1.82) is 0 Å². The second-order valence-corrected chi connectivity index (χ2v) is 9.34. The Balaban J connectivity index is 1.68. The molecule has 0 aliphatic heterocycles. The largest absolute Gasteiger partial charge is 0.342 e. The number of benzene rings is 2. The molecule has 1 heterocycles. The molecule has 3 rings (SSSR count).